The van der Waals surface area contributed by atoms with E-state index in [0.717, 1.165) is 5.69 Å². The minimum absolute atomic E-state index is 0.165. The Morgan fingerprint density at radius 2 is 2.33 bits per heavy atom. The quantitative estimate of drug-likeness (QED) is 0.748. The zero-order chi connectivity index (χ0) is 9.14. The first-order valence-corrected chi connectivity index (χ1v) is 3.87. The van der Waals surface area contributed by atoms with E-state index in [4.69, 9.17) is 17.3 Å². The smallest absolute Gasteiger partial charge is 0.223 e. The fourth-order valence-corrected chi connectivity index (χ4v) is 0.978. The molecule has 0 saturated heterocycles. The number of carbonyl (C=O) groups excluding carboxylic acids is 1. The third kappa shape index (κ3) is 2.20. The van der Waals surface area contributed by atoms with E-state index in [1.807, 2.05) is 0 Å². The lowest BCUT2D eigenvalue weighted by Gasteiger charge is -1.99. The summed E-state index contributed by atoms with van der Waals surface area (Å²) in [6.07, 6.45) is 0.165. The number of primary amides is 1. The van der Waals surface area contributed by atoms with Gasteiger partial charge in [-0.3, -0.25) is 9.78 Å². The molecule has 0 aliphatic rings. The molecule has 1 aromatic rings. The number of rotatable bonds is 2. The molecule has 0 aromatic carbocycles. The van der Waals surface area contributed by atoms with E-state index in [2.05, 4.69) is 4.98 Å². The van der Waals surface area contributed by atoms with Gasteiger partial charge in [0.05, 0.1) is 22.8 Å². The average Bonchev–Trinajstić information content (AvgIpc) is 1.96. The minimum Gasteiger partial charge on any atom is -0.369 e. The van der Waals surface area contributed by atoms with E-state index < -0.39 is 0 Å². The molecular weight excluding hydrogens is 176 g/mol. The molecule has 0 radical (unpaired) electrons. The number of nitrogens with zero attached hydrogens (tertiary/aromatic N) is 1. The zero-order valence-electron chi connectivity index (χ0n) is 6.67. The molecule has 4 heteroatoms. The Balaban J connectivity index is 2.89. The van der Waals surface area contributed by atoms with Crippen molar-refractivity contribution >= 4 is 17.5 Å². The van der Waals surface area contributed by atoms with Crippen LogP contribution in [-0.4, -0.2) is 10.9 Å². The highest BCUT2D eigenvalue weighted by molar-refractivity contribution is 6.31. The van der Waals surface area contributed by atoms with E-state index in [1.54, 1.807) is 19.1 Å². The van der Waals surface area contributed by atoms with Gasteiger partial charge in [0.25, 0.3) is 0 Å². The molecule has 3 nitrogen and oxygen atoms in total. The van der Waals surface area contributed by atoms with Crippen molar-refractivity contribution in [3.05, 3.63) is 28.5 Å². The van der Waals surface area contributed by atoms with Crippen LogP contribution in [0.4, 0.5) is 0 Å². The van der Waals surface area contributed by atoms with Crippen molar-refractivity contribution in [1.82, 2.24) is 4.98 Å². The van der Waals surface area contributed by atoms with E-state index in [-0.39, 0.29) is 12.3 Å². The molecule has 0 aliphatic heterocycles. The molecule has 1 aromatic heterocycles. The third-order valence-electron chi connectivity index (χ3n) is 1.43. The van der Waals surface area contributed by atoms with Gasteiger partial charge in [0.15, 0.2) is 0 Å². The van der Waals surface area contributed by atoms with Gasteiger partial charge in [0, 0.05) is 0 Å². The third-order valence-corrected chi connectivity index (χ3v) is 1.83. The lowest BCUT2D eigenvalue weighted by Crippen LogP contribution is -2.14. The van der Waals surface area contributed by atoms with E-state index in [9.17, 15) is 4.79 Å². The summed E-state index contributed by atoms with van der Waals surface area (Å²) < 4.78 is 0. The normalized spacial score (nSPS) is 9.83. The molecule has 1 rings (SSSR count). The predicted molar refractivity (Wildman–Crippen MR) is 46.9 cm³/mol. The lowest BCUT2D eigenvalue weighted by molar-refractivity contribution is -0.117. The number of pyridine rings is 1. The van der Waals surface area contributed by atoms with E-state index >= 15 is 0 Å². The molecule has 0 bridgehead atoms. The lowest BCUT2D eigenvalue weighted by atomic mass is 10.2. The van der Waals surface area contributed by atoms with Crippen LogP contribution in [0.25, 0.3) is 0 Å². The summed E-state index contributed by atoms with van der Waals surface area (Å²) in [4.78, 5) is 14.6. The van der Waals surface area contributed by atoms with Gasteiger partial charge in [-0.2, -0.15) is 0 Å². The Hall–Kier alpha value is -1.09. The maximum atomic E-state index is 10.5. The van der Waals surface area contributed by atoms with Crippen molar-refractivity contribution in [3.63, 3.8) is 0 Å². The molecule has 64 valence electrons. The van der Waals surface area contributed by atoms with E-state index in [0.29, 0.717) is 10.7 Å². The number of hydrogen-bond donors (Lipinski definition) is 1. The second-order valence-corrected chi connectivity index (χ2v) is 2.92. The molecule has 12 heavy (non-hydrogen) atoms. The monoisotopic (exact) mass is 184 g/mol. The van der Waals surface area contributed by atoms with Gasteiger partial charge in [-0.1, -0.05) is 11.6 Å². The largest absolute Gasteiger partial charge is 0.369 e. The van der Waals surface area contributed by atoms with Gasteiger partial charge >= 0.3 is 0 Å². The van der Waals surface area contributed by atoms with Crippen LogP contribution in [0.15, 0.2) is 12.1 Å². The van der Waals surface area contributed by atoms with Crippen LogP contribution >= 0.6 is 11.6 Å². The summed E-state index contributed by atoms with van der Waals surface area (Å²) in [6, 6.07) is 3.41. The van der Waals surface area contributed by atoms with Crippen LogP contribution in [-0.2, 0) is 11.2 Å². The minimum atomic E-state index is -0.385. The van der Waals surface area contributed by atoms with Crippen LogP contribution in [0.3, 0.4) is 0 Å². The van der Waals surface area contributed by atoms with Crippen LogP contribution < -0.4 is 5.73 Å². The van der Waals surface area contributed by atoms with Crippen molar-refractivity contribution in [2.45, 2.75) is 13.3 Å². The Kier molecular flexibility index (Phi) is 2.65. The number of hydrogen-bond acceptors (Lipinski definition) is 2. The first kappa shape index (κ1) is 9.00. The second kappa shape index (κ2) is 3.54. The van der Waals surface area contributed by atoms with Crippen LogP contribution in [0, 0.1) is 6.92 Å². The Morgan fingerprint density at radius 3 is 2.83 bits per heavy atom. The maximum Gasteiger partial charge on any atom is 0.223 e. The maximum absolute atomic E-state index is 10.5. The van der Waals surface area contributed by atoms with Crippen molar-refractivity contribution in [2.24, 2.45) is 5.73 Å². The summed E-state index contributed by atoms with van der Waals surface area (Å²) in [5, 5.41) is 0.600. The van der Waals surface area contributed by atoms with Gasteiger partial charge in [-0.25, -0.2) is 0 Å². The number of amides is 1. The molecule has 0 aliphatic carbocycles. The Morgan fingerprint density at radius 1 is 1.67 bits per heavy atom. The molecule has 0 fully saturated rings. The van der Waals surface area contributed by atoms with Crippen molar-refractivity contribution in [1.29, 1.82) is 0 Å². The molecule has 0 spiro atoms. The van der Waals surface area contributed by atoms with Gasteiger partial charge < -0.3 is 5.73 Å². The highest BCUT2D eigenvalue weighted by atomic mass is 35.5. The standard InChI is InChI=1S/C8H9ClN2O/c1-5-7(9)3-2-6(11-5)4-8(10)12/h2-3H,4H2,1H3,(H2,10,12). The molecule has 0 saturated carbocycles. The molecule has 0 atom stereocenters. The average molecular weight is 185 g/mol. The SMILES string of the molecule is Cc1nc(CC(N)=O)ccc1Cl. The highest BCUT2D eigenvalue weighted by Gasteiger charge is 2.01. The fraction of sp³-hybridized carbons (Fsp3) is 0.250. The van der Waals surface area contributed by atoms with Crippen molar-refractivity contribution in [3.8, 4) is 0 Å². The Labute approximate surface area is 75.6 Å². The van der Waals surface area contributed by atoms with Crippen LogP contribution in [0.5, 0.6) is 0 Å². The summed E-state index contributed by atoms with van der Waals surface area (Å²) in [7, 11) is 0. The molecular formula is C8H9ClN2O. The first-order valence-electron chi connectivity index (χ1n) is 3.50. The molecule has 1 amide bonds. The summed E-state index contributed by atoms with van der Waals surface area (Å²) in [5.41, 5.74) is 6.38. The van der Waals surface area contributed by atoms with Crippen LogP contribution in [0.2, 0.25) is 5.02 Å². The van der Waals surface area contributed by atoms with Gasteiger partial charge in [-0.05, 0) is 19.1 Å². The highest BCUT2D eigenvalue weighted by Crippen LogP contribution is 2.12. The number of aromatic nitrogens is 1. The summed E-state index contributed by atoms with van der Waals surface area (Å²) in [5.74, 6) is -0.385. The number of carbonyl (C=O) groups is 1. The van der Waals surface area contributed by atoms with Gasteiger partial charge in [-0.15, -0.1) is 0 Å². The zero-order valence-corrected chi connectivity index (χ0v) is 7.43. The van der Waals surface area contributed by atoms with E-state index in [1.165, 1.54) is 0 Å². The summed E-state index contributed by atoms with van der Waals surface area (Å²) >= 11 is 5.74. The number of halogens is 1. The van der Waals surface area contributed by atoms with Gasteiger partial charge in [0.1, 0.15) is 0 Å². The molecule has 2 N–H and O–H groups in total. The second-order valence-electron chi connectivity index (χ2n) is 2.51. The van der Waals surface area contributed by atoms with Crippen molar-refractivity contribution in [2.75, 3.05) is 0 Å². The predicted octanol–water partition coefficient (Wildman–Crippen LogP) is 1.07. The number of nitrogens with two attached hydrogens (primary N) is 1. The van der Waals surface area contributed by atoms with Crippen molar-refractivity contribution < 1.29 is 4.79 Å². The molecule has 0 unspecified atom stereocenters. The Bertz CT molecular complexity index is 312. The molecule has 1 heterocycles. The van der Waals surface area contributed by atoms with Gasteiger partial charge in [0.2, 0.25) is 5.91 Å². The summed E-state index contributed by atoms with van der Waals surface area (Å²) in [6.45, 7) is 1.78. The number of aryl methyl sites for hydroxylation is 1. The first-order chi connectivity index (χ1) is 5.59. The van der Waals surface area contributed by atoms with Crippen LogP contribution in [0.1, 0.15) is 11.4 Å². The topological polar surface area (TPSA) is 56.0 Å². The fourth-order valence-electron chi connectivity index (χ4n) is 0.873.